The summed E-state index contributed by atoms with van der Waals surface area (Å²) in [5.41, 5.74) is 1.85. The van der Waals surface area contributed by atoms with E-state index in [1.165, 1.54) is 25.3 Å². The van der Waals surface area contributed by atoms with E-state index in [2.05, 4.69) is 25.3 Å². The van der Waals surface area contributed by atoms with Gasteiger partial charge in [0.25, 0.3) is 0 Å². The SMILES string of the molecule is COC(=O)c1ccc(Nc2cc(-c3cccc(OC(F)(F)F)c3)nc(NCCN(C)C)n2)cc1. The van der Waals surface area contributed by atoms with Crippen LogP contribution in [0, 0.1) is 0 Å². The lowest BCUT2D eigenvalue weighted by molar-refractivity contribution is -0.274. The second-order valence-electron chi connectivity index (χ2n) is 7.46. The van der Waals surface area contributed by atoms with Gasteiger partial charge in [-0.25, -0.2) is 9.78 Å². The van der Waals surface area contributed by atoms with Gasteiger partial charge in [-0.2, -0.15) is 4.98 Å². The highest BCUT2D eigenvalue weighted by Crippen LogP contribution is 2.29. The van der Waals surface area contributed by atoms with Crippen LogP contribution in [0.3, 0.4) is 0 Å². The fraction of sp³-hybridized carbons (Fsp3) is 0.261. The van der Waals surface area contributed by atoms with Crippen molar-refractivity contribution in [2.75, 3.05) is 44.9 Å². The van der Waals surface area contributed by atoms with Crippen molar-refractivity contribution in [3.8, 4) is 17.0 Å². The molecule has 0 bridgehead atoms. The van der Waals surface area contributed by atoms with Gasteiger partial charge in [-0.1, -0.05) is 12.1 Å². The van der Waals surface area contributed by atoms with E-state index in [1.54, 1.807) is 36.4 Å². The van der Waals surface area contributed by atoms with Crippen LogP contribution in [-0.2, 0) is 4.74 Å². The zero-order valence-electron chi connectivity index (χ0n) is 18.8. The number of likely N-dealkylation sites (N-methyl/N-ethyl adjacent to an activating group) is 1. The number of carbonyl (C=O) groups is 1. The van der Waals surface area contributed by atoms with Crippen molar-refractivity contribution in [2.45, 2.75) is 6.36 Å². The maximum Gasteiger partial charge on any atom is 0.573 e. The summed E-state index contributed by atoms with van der Waals surface area (Å²) in [4.78, 5) is 22.5. The maximum atomic E-state index is 12.7. The molecule has 1 aromatic heterocycles. The highest BCUT2D eigenvalue weighted by molar-refractivity contribution is 5.89. The summed E-state index contributed by atoms with van der Waals surface area (Å²) in [6.45, 7) is 1.28. The van der Waals surface area contributed by atoms with Gasteiger partial charge in [-0.3, -0.25) is 0 Å². The van der Waals surface area contributed by atoms with Gasteiger partial charge in [0, 0.05) is 30.4 Å². The van der Waals surface area contributed by atoms with Gasteiger partial charge in [0.1, 0.15) is 11.6 Å². The minimum absolute atomic E-state index is 0.301. The van der Waals surface area contributed by atoms with E-state index < -0.39 is 12.3 Å². The van der Waals surface area contributed by atoms with Crippen LogP contribution < -0.4 is 15.4 Å². The minimum Gasteiger partial charge on any atom is -0.465 e. The van der Waals surface area contributed by atoms with E-state index in [4.69, 9.17) is 4.74 Å². The lowest BCUT2D eigenvalue weighted by Gasteiger charge is -2.14. The molecular formula is C23H24F3N5O3. The van der Waals surface area contributed by atoms with E-state index in [0.717, 1.165) is 6.54 Å². The van der Waals surface area contributed by atoms with Crippen molar-refractivity contribution in [3.63, 3.8) is 0 Å². The van der Waals surface area contributed by atoms with Gasteiger partial charge in [-0.05, 0) is 50.5 Å². The first-order chi connectivity index (χ1) is 16.1. The van der Waals surface area contributed by atoms with Crippen molar-refractivity contribution in [3.05, 3.63) is 60.2 Å². The third-order valence-electron chi connectivity index (χ3n) is 4.51. The molecule has 34 heavy (non-hydrogen) atoms. The van der Waals surface area contributed by atoms with Crippen LogP contribution in [-0.4, -0.2) is 61.5 Å². The number of methoxy groups -OCH3 is 1. The Morgan fingerprint density at radius 2 is 1.79 bits per heavy atom. The Morgan fingerprint density at radius 3 is 2.44 bits per heavy atom. The van der Waals surface area contributed by atoms with Gasteiger partial charge in [0.2, 0.25) is 5.95 Å². The van der Waals surface area contributed by atoms with E-state index in [9.17, 15) is 18.0 Å². The fourth-order valence-electron chi connectivity index (χ4n) is 2.94. The van der Waals surface area contributed by atoms with Gasteiger partial charge < -0.3 is 25.0 Å². The number of anilines is 3. The number of ether oxygens (including phenoxy) is 2. The molecule has 0 radical (unpaired) electrons. The van der Waals surface area contributed by atoms with Gasteiger partial charge >= 0.3 is 12.3 Å². The van der Waals surface area contributed by atoms with Crippen LogP contribution in [0.5, 0.6) is 5.75 Å². The molecule has 0 amide bonds. The maximum absolute atomic E-state index is 12.7. The molecule has 8 nitrogen and oxygen atoms in total. The lowest BCUT2D eigenvalue weighted by Crippen LogP contribution is -2.21. The van der Waals surface area contributed by atoms with Gasteiger partial charge in [0.05, 0.1) is 18.4 Å². The Balaban J connectivity index is 1.91. The summed E-state index contributed by atoms with van der Waals surface area (Å²) in [6.07, 6.45) is -4.80. The predicted molar refractivity (Wildman–Crippen MR) is 122 cm³/mol. The first kappa shape index (κ1) is 24.8. The largest absolute Gasteiger partial charge is 0.573 e. The number of hydrogen-bond donors (Lipinski definition) is 2. The Bertz CT molecular complexity index is 1120. The van der Waals surface area contributed by atoms with Crippen LogP contribution >= 0.6 is 0 Å². The second kappa shape index (κ2) is 10.8. The van der Waals surface area contributed by atoms with Crippen molar-refractivity contribution in [1.82, 2.24) is 14.9 Å². The zero-order chi connectivity index (χ0) is 24.7. The van der Waals surface area contributed by atoms with Crippen molar-refractivity contribution in [1.29, 1.82) is 0 Å². The van der Waals surface area contributed by atoms with Crippen LogP contribution in [0.15, 0.2) is 54.6 Å². The number of hydrogen-bond acceptors (Lipinski definition) is 8. The average molecular weight is 475 g/mol. The molecule has 2 N–H and O–H groups in total. The molecule has 3 aromatic rings. The number of nitrogens with zero attached hydrogens (tertiary/aromatic N) is 3. The van der Waals surface area contributed by atoms with Crippen molar-refractivity contribution in [2.24, 2.45) is 0 Å². The number of alkyl halides is 3. The Morgan fingerprint density at radius 1 is 1.06 bits per heavy atom. The van der Waals surface area contributed by atoms with Crippen molar-refractivity contribution >= 4 is 23.4 Å². The number of benzene rings is 2. The summed E-state index contributed by atoms with van der Waals surface area (Å²) in [5.74, 6) is -0.0941. The molecular weight excluding hydrogens is 451 g/mol. The first-order valence-corrected chi connectivity index (χ1v) is 10.2. The smallest absolute Gasteiger partial charge is 0.465 e. The van der Waals surface area contributed by atoms with E-state index in [1.807, 2.05) is 19.0 Å². The highest BCUT2D eigenvalue weighted by atomic mass is 19.4. The predicted octanol–water partition coefficient (Wildman–Crippen LogP) is 4.55. The molecule has 0 saturated carbocycles. The van der Waals surface area contributed by atoms with Gasteiger partial charge in [0.15, 0.2) is 0 Å². The van der Waals surface area contributed by atoms with E-state index >= 15 is 0 Å². The minimum atomic E-state index is -4.80. The molecule has 180 valence electrons. The molecule has 0 saturated heterocycles. The number of nitrogens with one attached hydrogen (secondary N) is 2. The molecule has 0 spiro atoms. The summed E-state index contributed by atoms with van der Waals surface area (Å²) >= 11 is 0. The molecule has 0 aliphatic carbocycles. The fourth-order valence-corrected chi connectivity index (χ4v) is 2.94. The molecule has 0 atom stereocenters. The quantitative estimate of drug-likeness (QED) is 0.436. The molecule has 0 aliphatic rings. The number of esters is 1. The summed E-state index contributed by atoms with van der Waals surface area (Å²) in [6, 6.07) is 13.7. The first-order valence-electron chi connectivity index (χ1n) is 10.2. The topological polar surface area (TPSA) is 88.6 Å². The third-order valence-corrected chi connectivity index (χ3v) is 4.51. The highest BCUT2D eigenvalue weighted by Gasteiger charge is 2.31. The second-order valence-corrected chi connectivity index (χ2v) is 7.46. The van der Waals surface area contributed by atoms with E-state index in [-0.39, 0.29) is 5.75 Å². The summed E-state index contributed by atoms with van der Waals surface area (Å²) in [5, 5.41) is 6.25. The number of carbonyl (C=O) groups excluding carboxylic acids is 1. The molecule has 0 fully saturated rings. The molecule has 11 heteroatoms. The average Bonchev–Trinajstić information content (AvgIpc) is 2.78. The van der Waals surface area contributed by atoms with Crippen LogP contribution in [0.25, 0.3) is 11.3 Å². The molecule has 0 aliphatic heterocycles. The lowest BCUT2D eigenvalue weighted by atomic mass is 10.1. The normalized spacial score (nSPS) is 11.3. The van der Waals surface area contributed by atoms with Gasteiger partial charge in [-0.15, -0.1) is 13.2 Å². The molecule has 3 rings (SSSR count). The number of halogens is 3. The van der Waals surface area contributed by atoms with Crippen LogP contribution in [0.2, 0.25) is 0 Å². The molecule has 1 heterocycles. The standard InChI is InChI=1S/C23H24F3N5O3/c1-31(2)12-11-27-22-29-19(16-5-4-6-18(13-16)34-23(24,25)26)14-20(30-22)28-17-9-7-15(8-10-17)21(32)33-3/h4-10,13-14H,11-12H2,1-3H3,(H2,27,28,29,30). The number of aromatic nitrogens is 2. The molecule has 2 aromatic carbocycles. The zero-order valence-corrected chi connectivity index (χ0v) is 18.8. The van der Waals surface area contributed by atoms with Crippen LogP contribution in [0.1, 0.15) is 10.4 Å². The number of rotatable bonds is 9. The summed E-state index contributed by atoms with van der Waals surface area (Å²) < 4.78 is 46.7. The van der Waals surface area contributed by atoms with Crippen LogP contribution in [0.4, 0.5) is 30.6 Å². The van der Waals surface area contributed by atoms with Crippen molar-refractivity contribution < 1.29 is 27.4 Å². The Hall–Kier alpha value is -3.86. The third kappa shape index (κ3) is 7.34. The summed E-state index contributed by atoms with van der Waals surface area (Å²) in [7, 11) is 5.16. The van der Waals surface area contributed by atoms with E-state index in [0.29, 0.717) is 40.8 Å². The Labute approximate surface area is 194 Å². The monoisotopic (exact) mass is 475 g/mol. The molecule has 0 unspecified atom stereocenters. The Kier molecular flexibility index (Phi) is 7.90.